The van der Waals surface area contributed by atoms with Gasteiger partial charge in [0, 0.05) is 24.7 Å². The summed E-state index contributed by atoms with van der Waals surface area (Å²) < 4.78 is 5.30. The van der Waals surface area contributed by atoms with Gasteiger partial charge in [-0.3, -0.25) is 9.59 Å². The normalized spacial score (nSPS) is 11.6. The van der Waals surface area contributed by atoms with E-state index in [1.54, 1.807) is 31.2 Å². The number of hydrogen-bond donors (Lipinski definition) is 3. The molecule has 2 amide bonds. The Morgan fingerprint density at radius 1 is 1.25 bits per heavy atom. The minimum absolute atomic E-state index is 0.0236. The van der Waals surface area contributed by atoms with Crippen molar-refractivity contribution < 1.29 is 14.3 Å². The molecule has 110 valence electrons. The van der Waals surface area contributed by atoms with Crippen molar-refractivity contribution in [3.8, 4) is 5.75 Å². The van der Waals surface area contributed by atoms with Crippen LogP contribution in [0.3, 0.4) is 0 Å². The minimum Gasteiger partial charge on any atom is -0.484 e. The lowest BCUT2D eigenvalue weighted by Crippen LogP contribution is -2.28. The van der Waals surface area contributed by atoms with E-state index < -0.39 is 0 Å². The Morgan fingerprint density at radius 3 is 2.45 bits per heavy atom. The molecule has 0 saturated carbocycles. The molecule has 0 aliphatic carbocycles. The van der Waals surface area contributed by atoms with Crippen LogP contribution in [0.4, 0.5) is 5.69 Å². The van der Waals surface area contributed by atoms with Crippen LogP contribution in [0.2, 0.25) is 0 Å². The molecule has 0 aliphatic heterocycles. The highest BCUT2D eigenvalue weighted by Gasteiger charge is 2.06. The Kier molecular flexibility index (Phi) is 6.52. The Hall–Kier alpha value is -2.08. The lowest BCUT2D eigenvalue weighted by Gasteiger charge is -2.09. The number of nitrogens with two attached hydrogens (primary N) is 1. The van der Waals surface area contributed by atoms with Crippen LogP contribution < -0.4 is 21.1 Å². The van der Waals surface area contributed by atoms with Gasteiger partial charge < -0.3 is 21.1 Å². The largest absolute Gasteiger partial charge is 0.484 e. The van der Waals surface area contributed by atoms with E-state index in [1.165, 1.54) is 0 Å². The number of carbonyl (C=O) groups excluding carboxylic acids is 2. The third-order valence-corrected chi connectivity index (χ3v) is 2.39. The van der Waals surface area contributed by atoms with Crippen molar-refractivity contribution in [3.63, 3.8) is 0 Å². The first-order valence-corrected chi connectivity index (χ1v) is 6.56. The maximum absolute atomic E-state index is 11.5. The first-order chi connectivity index (χ1) is 9.51. The molecule has 0 heterocycles. The number of ether oxygens (including phenoxy) is 1. The Bertz CT molecular complexity index is 443. The van der Waals surface area contributed by atoms with E-state index in [1.807, 2.05) is 6.92 Å². The SMILES string of the molecule is CCNC(=O)COc1ccc(NC(=O)CC(C)N)cc1. The summed E-state index contributed by atoms with van der Waals surface area (Å²) in [6.07, 6.45) is 0.273. The van der Waals surface area contributed by atoms with Gasteiger partial charge in [-0.2, -0.15) is 0 Å². The van der Waals surface area contributed by atoms with Crippen molar-refractivity contribution in [1.29, 1.82) is 0 Å². The zero-order chi connectivity index (χ0) is 15.0. The molecule has 4 N–H and O–H groups in total. The molecule has 0 bridgehead atoms. The average molecular weight is 279 g/mol. The van der Waals surface area contributed by atoms with E-state index in [-0.39, 0.29) is 30.9 Å². The van der Waals surface area contributed by atoms with Crippen LogP contribution in [0.15, 0.2) is 24.3 Å². The fourth-order valence-corrected chi connectivity index (χ4v) is 1.54. The zero-order valence-corrected chi connectivity index (χ0v) is 11.8. The number of benzene rings is 1. The van der Waals surface area contributed by atoms with Crippen LogP contribution in [0.5, 0.6) is 5.75 Å². The van der Waals surface area contributed by atoms with Crippen molar-refractivity contribution in [2.45, 2.75) is 26.3 Å². The van der Waals surface area contributed by atoms with Crippen molar-refractivity contribution in [2.75, 3.05) is 18.5 Å². The molecule has 6 heteroatoms. The molecule has 1 unspecified atom stereocenters. The molecule has 0 aromatic heterocycles. The molecule has 6 nitrogen and oxygen atoms in total. The van der Waals surface area contributed by atoms with Gasteiger partial charge in [0.25, 0.3) is 5.91 Å². The standard InChI is InChI=1S/C14H21N3O3/c1-3-16-14(19)9-20-12-6-4-11(5-7-12)17-13(18)8-10(2)15/h4-7,10H,3,8-9,15H2,1-2H3,(H,16,19)(H,17,18). The highest BCUT2D eigenvalue weighted by Crippen LogP contribution is 2.15. The van der Waals surface area contributed by atoms with Crippen LogP contribution in [-0.4, -0.2) is 31.0 Å². The lowest BCUT2D eigenvalue weighted by atomic mass is 10.2. The number of anilines is 1. The Morgan fingerprint density at radius 2 is 1.90 bits per heavy atom. The molecular formula is C14H21N3O3. The molecule has 1 rings (SSSR count). The number of hydrogen-bond acceptors (Lipinski definition) is 4. The summed E-state index contributed by atoms with van der Waals surface area (Å²) in [5.74, 6) is 0.277. The highest BCUT2D eigenvalue weighted by atomic mass is 16.5. The zero-order valence-electron chi connectivity index (χ0n) is 11.8. The monoisotopic (exact) mass is 279 g/mol. The van der Waals surface area contributed by atoms with Crippen molar-refractivity contribution in [3.05, 3.63) is 24.3 Å². The maximum atomic E-state index is 11.5. The van der Waals surface area contributed by atoms with Crippen LogP contribution in [-0.2, 0) is 9.59 Å². The van der Waals surface area contributed by atoms with Gasteiger partial charge in [-0.25, -0.2) is 0 Å². The van der Waals surface area contributed by atoms with Crippen LogP contribution >= 0.6 is 0 Å². The van der Waals surface area contributed by atoms with E-state index >= 15 is 0 Å². The van der Waals surface area contributed by atoms with Gasteiger partial charge in [-0.1, -0.05) is 0 Å². The molecule has 1 aromatic rings. The van der Waals surface area contributed by atoms with Crippen LogP contribution in [0, 0.1) is 0 Å². The second-order valence-corrected chi connectivity index (χ2v) is 4.50. The quantitative estimate of drug-likeness (QED) is 0.690. The van der Waals surface area contributed by atoms with Crippen molar-refractivity contribution >= 4 is 17.5 Å². The van der Waals surface area contributed by atoms with Gasteiger partial charge in [0.1, 0.15) is 5.75 Å². The van der Waals surface area contributed by atoms with Crippen molar-refractivity contribution in [1.82, 2.24) is 5.32 Å². The fourth-order valence-electron chi connectivity index (χ4n) is 1.54. The summed E-state index contributed by atoms with van der Waals surface area (Å²) >= 11 is 0. The molecule has 1 aromatic carbocycles. The van der Waals surface area contributed by atoms with Gasteiger partial charge in [0.2, 0.25) is 5.91 Å². The van der Waals surface area contributed by atoms with Crippen LogP contribution in [0.25, 0.3) is 0 Å². The van der Waals surface area contributed by atoms with E-state index in [0.717, 1.165) is 0 Å². The Balaban J connectivity index is 2.44. The predicted octanol–water partition coefficient (Wildman–Crippen LogP) is 0.877. The molecule has 0 spiro atoms. The second-order valence-electron chi connectivity index (χ2n) is 4.50. The van der Waals surface area contributed by atoms with Gasteiger partial charge in [-0.15, -0.1) is 0 Å². The molecule has 0 aliphatic rings. The summed E-state index contributed by atoms with van der Waals surface area (Å²) in [4.78, 5) is 22.7. The highest BCUT2D eigenvalue weighted by molar-refractivity contribution is 5.91. The molecule has 20 heavy (non-hydrogen) atoms. The topological polar surface area (TPSA) is 93.5 Å². The van der Waals surface area contributed by atoms with E-state index in [2.05, 4.69) is 10.6 Å². The second kappa shape index (κ2) is 8.16. The molecular weight excluding hydrogens is 258 g/mol. The van der Waals surface area contributed by atoms with Crippen LogP contribution in [0.1, 0.15) is 20.3 Å². The molecule has 0 fully saturated rings. The summed E-state index contributed by atoms with van der Waals surface area (Å²) in [6, 6.07) is 6.65. The number of nitrogens with one attached hydrogen (secondary N) is 2. The summed E-state index contributed by atoms with van der Waals surface area (Å²) in [6.45, 7) is 4.17. The summed E-state index contributed by atoms with van der Waals surface area (Å²) in [7, 11) is 0. The summed E-state index contributed by atoms with van der Waals surface area (Å²) in [5, 5.41) is 5.37. The van der Waals surface area contributed by atoms with E-state index in [0.29, 0.717) is 18.0 Å². The molecule has 0 saturated heterocycles. The lowest BCUT2D eigenvalue weighted by molar-refractivity contribution is -0.123. The Labute approximate surface area is 118 Å². The third-order valence-electron chi connectivity index (χ3n) is 2.39. The van der Waals surface area contributed by atoms with E-state index in [4.69, 9.17) is 10.5 Å². The van der Waals surface area contributed by atoms with Gasteiger partial charge in [0.15, 0.2) is 6.61 Å². The number of carbonyl (C=O) groups is 2. The number of amides is 2. The van der Waals surface area contributed by atoms with E-state index in [9.17, 15) is 9.59 Å². The fraction of sp³-hybridized carbons (Fsp3) is 0.429. The van der Waals surface area contributed by atoms with Gasteiger partial charge in [0.05, 0.1) is 0 Å². The van der Waals surface area contributed by atoms with Gasteiger partial charge >= 0.3 is 0 Å². The first-order valence-electron chi connectivity index (χ1n) is 6.56. The third kappa shape index (κ3) is 6.19. The molecule has 0 radical (unpaired) electrons. The van der Waals surface area contributed by atoms with Crippen molar-refractivity contribution in [2.24, 2.45) is 5.73 Å². The maximum Gasteiger partial charge on any atom is 0.257 e. The minimum atomic E-state index is -0.172. The number of rotatable bonds is 7. The smallest absolute Gasteiger partial charge is 0.257 e. The summed E-state index contributed by atoms with van der Waals surface area (Å²) in [5.41, 5.74) is 6.21. The average Bonchev–Trinajstić information content (AvgIpc) is 2.37. The van der Waals surface area contributed by atoms with Gasteiger partial charge in [-0.05, 0) is 38.1 Å². The first kappa shape index (κ1) is 16.0. The number of likely N-dealkylation sites (N-methyl/N-ethyl adjacent to an activating group) is 1. The predicted molar refractivity (Wildman–Crippen MR) is 77.5 cm³/mol. The molecule has 1 atom stereocenters.